The molecule has 27 heavy (non-hydrogen) atoms. The maximum Gasteiger partial charge on any atom is 0.222 e. The Labute approximate surface area is 159 Å². The molecule has 8 heteroatoms. The van der Waals surface area contributed by atoms with Crippen LogP contribution in [0.5, 0.6) is 5.75 Å². The number of piperazine rings is 1. The Hall–Kier alpha value is -2.89. The third-order valence-corrected chi connectivity index (χ3v) is 4.68. The molecular formula is C19H25N7O. The molecule has 1 saturated heterocycles. The van der Waals surface area contributed by atoms with Gasteiger partial charge in [-0.3, -0.25) is 0 Å². The van der Waals surface area contributed by atoms with E-state index in [-0.39, 0.29) is 17.3 Å². The Balaban J connectivity index is 1.54. The summed E-state index contributed by atoms with van der Waals surface area (Å²) in [7, 11) is 2.16. The van der Waals surface area contributed by atoms with Crippen LogP contribution in [-0.4, -0.2) is 66.1 Å². The quantitative estimate of drug-likeness (QED) is 0.731. The summed E-state index contributed by atoms with van der Waals surface area (Å²) < 4.78 is 5.83. The molecule has 142 valence electrons. The molecule has 0 saturated carbocycles. The maximum absolute atomic E-state index is 9.29. The highest BCUT2D eigenvalue weighted by molar-refractivity contribution is 5.73. The topological polar surface area (TPSA) is 117 Å². The van der Waals surface area contributed by atoms with Gasteiger partial charge in [0.2, 0.25) is 5.95 Å². The molecule has 0 amide bonds. The first-order valence-corrected chi connectivity index (χ1v) is 9.04. The summed E-state index contributed by atoms with van der Waals surface area (Å²) in [5, 5.41) is 9.29. The van der Waals surface area contributed by atoms with Crippen LogP contribution in [-0.2, 0) is 0 Å². The van der Waals surface area contributed by atoms with E-state index in [2.05, 4.69) is 26.8 Å². The van der Waals surface area contributed by atoms with Crippen LogP contribution in [0.4, 0.5) is 11.8 Å². The average molecular weight is 367 g/mol. The summed E-state index contributed by atoms with van der Waals surface area (Å²) in [6, 6.07) is 9.45. The zero-order chi connectivity index (χ0) is 19.2. The molecule has 1 aromatic heterocycles. The van der Waals surface area contributed by atoms with Crippen molar-refractivity contribution in [3.8, 4) is 23.1 Å². The summed E-state index contributed by atoms with van der Waals surface area (Å²) in [6.45, 7) is 6.23. The average Bonchev–Trinajstić information content (AvgIpc) is 2.66. The van der Waals surface area contributed by atoms with Gasteiger partial charge in [0.1, 0.15) is 23.2 Å². The monoisotopic (exact) mass is 367 g/mol. The number of ether oxygens (including phenoxy) is 1. The Bertz CT molecular complexity index is 808. The lowest BCUT2D eigenvalue weighted by molar-refractivity contribution is 0.145. The molecule has 0 spiro atoms. The Kier molecular flexibility index (Phi) is 6.06. The summed E-state index contributed by atoms with van der Waals surface area (Å²) in [6.07, 6.45) is 0.989. The van der Waals surface area contributed by atoms with Crippen LogP contribution in [0.2, 0.25) is 0 Å². The van der Waals surface area contributed by atoms with Crippen LogP contribution in [0.1, 0.15) is 12.0 Å². The number of likely N-dealkylation sites (N-methyl/N-ethyl adjacent to an activating group) is 1. The van der Waals surface area contributed by atoms with Gasteiger partial charge in [0.05, 0.1) is 12.3 Å². The Morgan fingerprint density at radius 2 is 1.81 bits per heavy atom. The van der Waals surface area contributed by atoms with Gasteiger partial charge in [-0.05, 0) is 37.7 Å². The van der Waals surface area contributed by atoms with E-state index in [1.54, 1.807) is 0 Å². The maximum atomic E-state index is 9.29. The molecular weight excluding hydrogens is 342 g/mol. The van der Waals surface area contributed by atoms with Gasteiger partial charge in [-0.15, -0.1) is 0 Å². The largest absolute Gasteiger partial charge is 0.494 e. The lowest BCUT2D eigenvalue weighted by Crippen LogP contribution is -2.44. The summed E-state index contributed by atoms with van der Waals surface area (Å²) in [5.74, 6) is 0.917. The number of hydrogen-bond donors (Lipinski definition) is 2. The number of aromatic nitrogens is 2. The van der Waals surface area contributed by atoms with E-state index in [1.807, 2.05) is 30.3 Å². The minimum absolute atomic E-state index is 0.0470. The number of hydrogen-bond acceptors (Lipinski definition) is 8. The van der Waals surface area contributed by atoms with Crippen LogP contribution in [0.25, 0.3) is 11.3 Å². The highest BCUT2D eigenvalue weighted by Gasteiger charge is 2.14. The van der Waals surface area contributed by atoms with Crippen molar-refractivity contribution in [2.24, 2.45) is 0 Å². The van der Waals surface area contributed by atoms with Crippen molar-refractivity contribution >= 4 is 11.8 Å². The second-order valence-electron chi connectivity index (χ2n) is 6.67. The van der Waals surface area contributed by atoms with E-state index >= 15 is 0 Å². The molecule has 0 atom stereocenters. The fraction of sp³-hybridized carbons (Fsp3) is 0.421. The number of rotatable bonds is 6. The van der Waals surface area contributed by atoms with Crippen LogP contribution in [0.3, 0.4) is 0 Å². The molecule has 8 nitrogen and oxygen atoms in total. The smallest absolute Gasteiger partial charge is 0.222 e. The highest BCUT2D eigenvalue weighted by Crippen LogP contribution is 2.26. The third kappa shape index (κ3) is 4.84. The van der Waals surface area contributed by atoms with Gasteiger partial charge in [0, 0.05) is 38.3 Å². The first-order valence-electron chi connectivity index (χ1n) is 9.04. The van der Waals surface area contributed by atoms with Gasteiger partial charge in [-0.1, -0.05) is 0 Å². The van der Waals surface area contributed by atoms with Crippen LogP contribution in [0.15, 0.2) is 24.3 Å². The van der Waals surface area contributed by atoms with Gasteiger partial charge in [-0.25, -0.2) is 4.98 Å². The molecule has 1 aromatic carbocycles. The molecule has 2 heterocycles. The zero-order valence-corrected chi connectivity index (χ0v) is 15.6. The van der Waals surface area contributed by atoms with E-state index in [0.29, 0.717) is 12.3 Å². The van der Waals surface area contributed by atoms with Gasteiger partial charge >= 0.3 is 0 Å². The van der Waals surface area contributed by atoms with Crippen molar-refractivity contribution in [1.82, 2.24) is 19.8 Å². The van der Waals surface area contributed by atoms with Crippen molar-refractivity contribution in [3.05, 3.63) is 29.8 Å². The zero-order valence-electron chi connectivity index (χ0n) is 15.6. The van der Waals surface area contributed by atoms with E-state index in [0.717, 1.165) is 50.5 Å². The Morgan fingerprint density at radius 1 is 1.11 bits per heavy atom. The normalized spacial score (nSPS) is 15.4. The lowest BCUT2D eigenvalue weighted by Gasteiger charge is -2.32. The molecule has 0 aliphatic carbocycles. The predicted octanol–water partition coefficient (Wildman–Crippen LogP) is 1.20. The van der Waals surface area contributed by atoms with E-state index in [4.69, 9.17) is 16.2 Å². The second kappa shape index (κ2) is 8.66. The molecule has 3 rings (SSSR count). The fourth-order valence-corrected chi connectivity index (χ4v) is 3.07. The third-order valence-electron chi connectivity index (χ3n) is 4.68. The first kappa shape index (κ1) is 18.9. The van der Waals surface area contributed by atoms with Crippen LogP contribution >= 0.6 is 0 Å². The molecule has 1 aliphatic heterocycles. The van der Waals surface area contributed by atoms with Gasteiger partial charge in [0.15, 0.2) is 0 Å². The summed E-state index contributed by atoms with van der Waals surface area (Å²) >= 11 is 0. The van der Waals surface area contributed by atoms with Crippen molar-refractivity contribution in [3.63, 3.8) is 0 Å². The highest BCUT2D eigenvalue weighted by atomic mass is 16.5. The Morgan fingerprint density at radius 3 is 2.48 bits per heavy atom. The molecule has 1 fully saturated rings. The lowest BCUT2D eigenvalue weighted by atomic mass is 10.1. The van der Waals surface area contributed by atoms with Crippen molar-refractivity contribution in [2.75, 3.05) is 57.8 Å². The SMILES string of the molecule is CN1CCN(CCCOc2ccc(-c3nc(N)nc(N)c3C#N)cc2)CC1. The number of nitrogens with zero attached hydrogens (tertiary/aromatic N) is 5. The standard InChI is InChI=1S/C19H25N7O/c1-25-8-10-26(11-9-25)7-2-12-27-15-5-3-14(4-6-15)17-16(13-20)18(21)24-19(22)23-17/h3-6H,2,7-12H2,1H3,(H4,21,22,23,24). The van der Waals surface area contributed by atoms with Crippen molar-refractivity contribution in [1.29, 1.82) is 5.26 Å². The minimum atomic E-state index is 0.0470. The van der Waals surface area contributed by atoms with Crippen molar-refractivity contribution < 1.29 is 4.74 Å². The number of benzene rings is 1. The van der Waals surface area contributed by atoms with Gasteiger partial charge in [0.25, 0.3) is 0 Å². The predicted molar refractivity (Wildman–Crippen MR) is 105 cm³/mol. The number of nitrogens with two attached hydrogens (primary N) is 2. The molecule has 0 bridgehead atoms. The minimum Gasteiger partial charge on any atom is -0.494 e. The van der Waals surface area contributed by atoms with Crippen LogP contribution in [0, 0.1) is 11.3 Å². The van der Waals surface area contributed by atoms with Crippen LogP contribution < -0.4 is 16.2 Å². The van der Waals surface area contributed by atoms with E-state index in [9.17, 15) is 5.26 Å². The fourth-order valence-electron chi connectivity index (χ4n) is 3.07. The summed E-state index contributed by atoms with van der Waals surface area (Å²) in [4.78, 5) is 12.8. The summed E-state index contributed by atoms with van der Waals surface area (Å²) in [5.41, 5.74) is 12.8. The number of anilines is 2. The van der Waals surface area contributed by atoms with Gasteiger partial charge < -0.3 is 26.0 Å². The second-order valence-corrected chi connectivity index (χ2v) is 6.67. The van der Waals surface area contributed by atoms with Gasteiger partial charge in [-0.2, -0.15) is 10.2 Å². The van der Waals surface area contributed by atoms with Crippen molar-refractivity contribution in [2.45, 2.75) is 6.42 Å². The molecule has 2 aromatic rings. The van der Waals surface area contributed by atoms with E-state index in [1.165, 1.54) is 0 Å². The molecule has 0 radical (unpaired) electrons. The molecule has 4 N–H and O–H groups in total. The number of nitriles is 1. The first-order chi connectivity index (χ1) is 13.1. The molecule has 1 aliphatic rings. The number of nitrogen functional groups attached to an aromatic ring is 2. The van der Waals surface area contributed by atoms with E-state index < -0.39 is 0 Å². The molecule has 0 unspecified atom stereocenters.